The number of aromatic amines is 1. The van der Waals surface area contributed by atoms with E-state index >= 15 is 0 Å². The van der Waals surface area contributed by atoms with E-state index in [4.69, 9.17) is 4.42 Å². The molecule has 2 aliphatic heterocycles. The van der Waals surface area contributed by atoms with Crippen LogP contribution in [-0.4, -0.2) is 33.7 Å². The number of non-ortho nitro benzene ring substituents is 1. The van der Waals surface area contributed by atoms with E-state index in [9.17, 15) is 32.9 Å². The number of benzene rings is 3. The fourth-order valence-corrected chi connectivity index (χ4v) is 5.96. The Morgan fingerprint density at radius 3 is 2.53 bits per heavy atom. The van der Waals surface area contributed by atoms with Gasteiger partial charge in [-0.1, -0.05) is 6.07 Å². The van der Waals surface area contributed by atoms with Crippen LogP contribution in [0.5, 0.6) is 0 Å². The number of alkyl halides is 3. The molecule has 250 valence electrons. The smallest absolute Gasteiger partial charge is 0.417 e. The maximum Gasteiger partial charge on any atom is 0.417 e. The van der Waals surface area contributed by atoms with Crippen LogP contribution < -0.4 is 21.6 Å². The molecule has 3 aliphatic rings. The second-order valence-electron chi connectivity index (χ2n) is 12.2. The average molecular weight is 672 g/mol. The number of carbonyl (C=O) groups excluding carboxylic acids is 1. The number of aromatic nitrogens is 2. The highest BCUT2D eigenvalue weighted by Gasteiger charge is 2.43. The Morgan fingerprint density at radius 1 is 1.02 bits per heavy atom. The van der Waals surface area contributed by atoms with Gasteiger partial charge in [-0.15, -0.1) is 0 Å². The predicted octanol–water partition coefficient (Wildman–Crippen LogP) is 7.88. The first-order chi connectivity index (χ1) is 23.4. The number of allylic oxidation sites excluding steroid dienone is 1. The van der Waals surface area contributed by atoms with Crippen LogP contribution in [0.4, 0.5) is 40.7 Å². The van der Waals surface area contributed by atoms with Crippen molar-refractivity contribution in [2.75, 3.05) is 22.5 Å². The molecule has 0 radical (unpaired) electrons. The van der Waals surface area contributed by atoms with E-state index in [1.54, 1.807) is 24.3 Å². The normalized spacial score (nSPS) is 15.9. The van der Waals surface area contributed by atoms with Crippen molar-refractivity contribution >= 4 is 62.7 Å². The number of aliphatic imine (C=N–C) groups is 1. The van der Waals surface area contributed by atoms with Gasteiger partial charge in [0.15, 0.2) is 5.82 Å². The number of nitrogens with zero attached hydrogens (tertiary/aromatic N) is 3. The van der Waals surface area contributed by atoms with Crippen molar-refractivity contribution in [3.05, 3.63) is 104 Å². The van der Waals surface area contributed by atoms with Gasteiger partial charge in [-0.2, -0.15) is 13.2 Å². The zero-order valence-corrected chi connectivity index (χ0v) is 25.7. The highest BCUT2D eigenvalue weighted by atomic mass is 19.4. The number of nitro groups is 1. The van der Waals surface area contributed by atoms with Crippen LogP contribution in [0.25, 0.3) is 27.7 Å². The molecule has 0 unspecified atom stereocenters. The molecule has 3 aromatic carbocycles. The molecule has 12 nitrogen and oxygen atoms in total. The van der Waals surface area contributed by atoms with Gasteiger partial charge in [0.25, 0.3) is 5.69 Å². The Balaban J connectivity index is 0.000000157. The van der Waals surface area contributed by atoms with E-state index in [-0.39, 0.29) is 16.7 Å². The molecule has 1 saturated carbocycles. The van der Waals surface area contributed by atoms with Gasteiger partial charge >= 0.3 is 17.8 Å². The summed E-state index contributed by atoms with van der Waals surface area (Å²) in [6.45, 7) is 0.828. The molecular weight excluding hydrogens is 643 g/mol. The zero-order valence-electron chi connectivity index (χ0n) is 25.7. The molecule has 0 atom stereocenters. The molecule has 4 N–H and O–H groups in total. The second kappa shape index (κ2) is 12.2. The Hall–Kier alpha value is -5.99. The first-order valence-electron chi connectivity index (χ1n) is 15.4. The molecule has 1 fully saturated rings. The van der Waals surface area contributed by atoms with Crippen LogP contribution in [0.3, 0.4) is 0 Å². The zero-order chi connectivity index (χ0) is 34.3. The number of hydrogen-bond donors (Lipinski definition) is 4. The molecule has 49 heavy (non-hydrogen) atoms. The summed E-state index contributed by atoms with van der Waals surface area (Å²) in [7, 11) is 0. The summed E-state index contributed by atoms with van der Waals surface area (Å²) in [6.07, 6.45) is 4.06. The third-order valence-corrected chi connectivity index (χ3v) is 8.75. The van der Waals surface area contributed by atoms with Crippen molar-refractivity contribution in [2.24, 2.45) is 10.4 Å². The molecular formula is C34H28F3N7O5. The topological polar surface area (TPSA) is 168 Å². The standard InChI is InChI=1S/C18H14N6O3.C16H14F3NO2/c25-18(20-11-3-1-4-13(9-11)24(26)27)21-12-6-7-14-16(10-12)23-17(22-14)15-5-2-8-19-15;17-16(18,19)11-6-14(21)22-13-7-12-9(5-10(11)13)1-2-15(3-4-15)8-20-12/h1,3-10H,2H2,(H,22,23)(H2,20,21,25);5-7,20H,1-4,8H2. The number of amides is 2. The highest BCUT2D eigenvalue weighted by Crippen LogP contribution is 2.51. The third-order valence-electron chi connectivity index (χ3n) is 8.75. The van der Waals surface area contributed by atoms with Crippen LogP contribution in [-0.2, 0) is 12.6 Å². The summed E-state index contributed by atoms with van der Waals surface area (Å²) < 4.78 is 44.4. The maximum absolute atomic E-state index is 13.1. The maximum atomic E-state index is 13.1. The quantitative estimate of drug-likeness (QED) is 0.0856. The van der Waals surface area contributed by atoms with E-state index in [0.717, 1.165) is 66.6 Å². The lowest BCUT2D eigenvalue weighted by molar-refractivity contribution is -0.384. The van der Waals surface area contributed by atoms with Crippen LogP contribution in [0.15, 0.2) is 80.9 Å². The number of nitrogens with one attached hydrogen (secondary N) is 4. The number of rotatable bonds is 4. The van der Waals surface area contributed by atoms with Crippen molar-refractivity contribution in [2.45, 2.75) is 38.3 Å². The van der Waals surface area contributed by atoms with Crippen molar-refractivity contribution in [3.8, 4) is 0 Å². The van der Waals surface area contributed by atoms with Gasteiger partial charge in [-0.25, -0.2) is 14.6 Å². The molecule has 1 spiro atoms. The van der Waals surface area contributed by atoms with E-state index < -0.39 is 28.3 Å². The Bertz CT molecular complexity index is 2250. The Morgan fingerprint density at radius 2 is 1.82 bits per heavy atom. The first kappa shape index (κ1) is 31.6. The lowest BCUT2D eigenvalue weighted by atomic mass is 9.97. The van der Waals surface area contributed by atoms with Gasteiger partial charge < -0.3 is 25.4 Å². The molecule has 0 bridgehead atoms. The molecule has 1 aliphatic carbocycles. The minimum atomic E-state index is -4.57. The predicted molar refractivity (Wildman–Crippen MR) is 179 cm³/mol. The molecule has 5 aromatic rings. The monoisotopic (exact) mass is 671 g/mol. The summed E-state index contributed by atoms with van der Waals surface area (Å²) in [5.41, 5.74) is 3.14. The van der Waals surface area contributed by atoms with Crippen LogP contribution >= 0.6 is 0 Å². The largest absolute Gasteiger partial charge is 0.423 e. The summed E-state index contributed by atoms with van der Waals surface area (Å²) in [4.78, 5) is 45.8. The summed E-state index contributed by atoms with van der Waals surface area (Å²) in [6, 6.07) is 14.1. The lowest BCUT2D eigenvalue weighted by Crippen LogP contribution is -2.19. The average Bonchev–Trinajstić information content (AvgIpc) is 3.44. The molecule has 0 saturated heterocycles. The Labute approximate surface area is 275 Å². The number of nitro benzene ring substituents is 1. The summed E-state index contributed by atoms with van der Waals surface area (Å²) in [5.74, 6) is 0.678. The van der Waals surface area contributed by atoms with E-state index in [2.05, 4.69) is 30.9 Å². The van der Waals surface area contributed by atoms with Gasteiger partial charge in [0.05, 0.1) is 21.5 Å². The van der Waals surface area contributed by atoms with Gasteiger partial charge in [-0.05, 0) is 73.1 Å². The van der Waals surface area contributed by atoms with E-state index in [0.29, 0.717) is 28.7 Å². The number of fused-ring (bicyclic) bond motifs is 3. The van der Waals surface area contributed by atoms with Crippen molar-refractivity contribution in [1.29, 1.82) is 0 Å². The number of H-pyrrole nitrogens is 1. The number of hydrogen-bond acceptors (Lipinski definition) is 8. The molecule has 15 heteroatoms. The molecule has 8 rings (SSSR count). The fraction of sp³-hybridized carbons (Fsp3) is 0.235. The van der Waals surface area contributed by atoms with Gasteiger partial charge in [0, 0.05) is 65.9 Å². The van der Waals surface area contributed by atoms with E-state index in [1.165, 1.54) is 30.3 Å². The van der Waals surface area contributed by atoms with Crippen molar-refractivity contribution in [3.63, 3.8) is 0 Å². The van der Waals surface area contributed by atoms with Gasteiger partial charge in [0.1, 0.15) is 11.3 Å². The number of halogens is 3. The lowest BCUT2D eigenvalue weighted by Gasteiger charge is -2.13. The Kier molecular flexibility index (Phi) is 7.89. The minimum absolute atomic E-state index is 0.0159. The van der Waals surface area contributed by atoms with Crippen molar-refractivity contribution in [1.82, 2.24) is 9.97 Å². The van der Waals surface area contributed by atoms with Crippen LogP contribution in [0.1, 0.15) is 42.6 Å². The number of aryl methyl sites for hydroxylation is 1. The summed E-state index contributed by atoms with van der Waals surface area (Å²) >= 11 is 0. The third kappa shape index (κ3) is 6.86. The van der Waals surface area contributed by atoms with Crippen molar-refractivity contribution < 1.29 is 27.3 Å². The number of anilines is 3. The van der Waals surface area contributed by atoms with Crippen LogP contribution in [0, 0.1) is 15.5 Å². The number of urea groups is 1. The second-order valence-corrected chi connectivity index (χ2v) is 12.2. The first-order valence-corrected chi connectivity index (χ1v) is 15.4. The SMILES string of the molecule is O=C(Nc1cccc([N+](=O)[O-])c1)Nc1ccc2nc(C3=CCC=N3)[nH]c2c1.O=c1cc(C(F)(F)F)c2cc3c(cc2o1)NCC1(CC3)CC1. The molecule has 4 heterocycles. The molecule has 2 amide bonds. The number of imidazole rings is 1. The van der Waals surface area contributed by atoms with Gasteiger partial charge in [-0.3, -0.25) is 15.1 Å². The number of carbonyl (C=O) groups is 1. The fourth-order valence-electron chi connectivity index (χ4n) is 5.96. The van der Waals surface area contributed by atoms with Gasteiger partial charge in [0.2, 0.25) is 0 Å². The van der Waals surface area contributed by atoms with E-state index in [1.807, 2.05) is 12.3 Å². The van der Waals surface area contributed by atoms with Crippen LogP contribution in [0.2, 0.25) is 0 Å². The minimum Gasteiger partial charge on any atom is -0.423 e. The molecule has 2 aromatic heterocycles. The summed E-state index contributed by atoms with van der Waals surface area (Å²) in [5, 5.41) is 19.3. The highest BCUT2D eigenvalue weighted by molar-refractivity contribution is 6.01.